The fraction of sp³-hybridized carbons (Fsp3) is 0.520. The SMILES string of the molecule is CC1=C(C(=O)OC2CCCC2)C(c2ccccc2[N+](=O)[O-])c2c(C3CCCC3)nn(C)c2N1. The number of carbonyl (C=O) groups is 1. The molecule has 0 bridgehead atoms. The molecule has 8 nitrogen and oxygen atoms in total. The molecule has 1 N–H and O–H groups in total. The van der Waals surface area contributed by atoms with Gasteiger partial charge in [-0.2, -0.15) is 5.10 Å². The summed E-state index contributed by atoms with van der Waals surface area (Å²) in [5.41, 5.74) is 3.46. The molecule has 5 rings (SSSR count). The molecular weight excluding hydrogens is 420 g/mol. The van der Waals surface area contributed by atoms with Crippen LogP contribution in [0.5, 0.6) is 0 Å². The molecular formula is C25H30N4O4. The summed E-state index contributed by atoms with van der Waals surface area (Å²) in [6.45, 7) is 1.85. The van der Waals surface area contributed by atoms with Crippen LogP contribution in [-0.2, 0) is 16.6 Å². The second-order valence-corrected chi connectivity index (χ2v) is 9.48. The van der Waals surface area contributed by atoms with Gasteiger partial charge in [-0.05, 0) is 45.4 Å². The molecule has 174 valence electrons. The molecule has 2 aromatic rings. The number of aryl methyl sites for hydroxylation is 1. The van der Waals surface area contributed by atoms with E-state index in [1.807, 2.05) is 18.7 Å². The molecule has 1 aliphatic heterocycles. The van der Waals surface area contributed by atoms with E-state index in [0.29, 0.717) is 16.8 Å². The van der Waals surface area contributed by atoms with Crippen LogP contribution in [0, 0.1) is 10.1 Å². The zero-order valence-electron chi connectivity index (χ0n) is 19.2. The number of rotatable bonds is 5. The molecule has 1 atom stereocenters. The fourth-order valence-electron chi connectivity index (χ4n) is 5.80. The molecule has 2 saturated carbocycles. The van der Waals surface area contributed by atoms with Crippen molar-refractivity contribution in [2.75, 3.05) is 5.32 Å². The zero-order chi connectivity index (χ0) is 23.1. The molecule has 0 radical (unpaired) electrons. The molecule has 1 aromatic heterocycles. The number of fused-ring (bicyclic) bond motifs is 1. The van der Waals surface area contributed by atoms with Crippen LogP contribution in [0.1, 0.15) is 86.9 Å². The Kier molecular flexibility index (Phi) is 5.68. The second kappa shape index (κ2) is 8.65. The van der Waals surface area contributed by atoms with E-state index in [9.17, 15) is 14.9 Å². The van der Waals surface area contributed by atoms with Crippen LogP contribution in [0.2, 0.25) is 0 Å². The van der Waals surface area contributed by atoms with Gasteiger partial charge in [0.1, 0.15) is 11.9 Å². The summed E-state index contributed by atoms with van der Waals surface area (Å²) in [7, 11) is 1.88. The Labute approximate surface area is 193 Å². The summed E-state index contributed by atoms with van der Waals surface area (Å²) in [6, 6.07) is 6.74. The summed E-state index contributed by atoms with van der Waals surface area (Å²) in [6.07, 6.45) is 8.13. The van der Waals surface area contributed by atoms with Crippen LogP contribution in [0.4, 0.5) is 11.5 Å². The lowest BCUT2D eigenvalue weighted by Crippen LogP contribution is -2.28. The molecule has 2 heterocycles. The van der Waals surface area contributed by atoms with Crippen molar-refractivity contribution in [1.29, 1.82) is 0 Å². The number of nitrogens with zero attached hydrogens (tertiary/aromatic N) is 3. The standard InChI is InChI=1S/C25H30N4O4/c1-15-20(25(30)33-17-11-5-6-12-17)21(18-13-7-8-14-19(18)29(31)32)22-23(16-9-3-4-10-16)27-28(2)24(22)26-15/h7-8,13-14,16-17,21,26H,3-6,9-12H2,1-2H3. The first-order valence-corrected chi connectivity index (χ1v) is 11.9. The molecule has 2 aliphatic carbocycles. The van der Waals surface area contributed by atoms with Crippen molar-refractivity contribution < 1.29 is 14.5 Å². The van der Waals surface area contributed by atoms with Gasteiger partial charge in [0.15, 0.2) is 0 Å². The maximum Gasteiger partial charge on any atom is 0.337 e. The highest BCUT2D eigenvalue weighted by molar-refractivity contribution is 5.95. The highest BCUT2D eigenvalue weighted by Crippen LogP contribution is 2.49. The van der Waals surface area contributed by atoms with Gasteiger partial charge in [-0.1, -0.05) is 31.0 Å². The summed E-state index contributed by atoms with van der Waals surface area (Å²) in [5.74, 6) is 0.107. The smallest absolute Gasteiger partial charge is 0.337 e. The van der Waals surface area contributed by atoms with Gasteiger partial charge < -0.3 is 10.1 Å². The van der Waals surface area contributed by atoms with Gasteiger partial charge in [0.2, 0.25) is 0 Å². The Balaban J connectivity index is 1.68. The first-order chi connectivity index (χ1) is 16.0. The minimum atomic E-state index is -0.596. The fourth-order valence-corrected chi connectivity index (χ4v) is 5.80. The lowest BCUT2D eigenvalue weighted by Gasteiger charge is -2.30. The van der Waals surface area contributed by atoms with Crippen LogP contribution < -0.4 is 5.32 Å². The predicted octanol–water partition coefficient (Wildman–Crippen LogP) is 5.30. The zero-order valence-corrected chi connectivity index (χ0v) is 19.2. The van der Waals surface area contributed by atoms with E-state index in [4.69, 9.17) is 9.84 Å². The third-order valence-corrected chi connectivity index (χ3v) is 7.38. The Morgan fingerprint density at radius 1 is 1.15 bits per heavy atom. The maximum absolute atomic E-state index is 13.6. The van der Waals surface area contributed by atoms with E-state index in [0.717, 1.165) is 68.4 Å². The molecule has 3 aliphatic rings. The Morgan fingerprint density at radius 3 is 2.52 bits per heavy atom. The van der Waals surface area contributed by atoms with Crippen molar-refractivity contribution in [3.05, 3.63) is 62.5 Å². The van der Waals surface area contributed by atoms with Crippen molar-refractivity contribution in [2.45, 2.75) is 76.2 Å². The molecule has 0 saturated heterocycles. The average Bonchev–Trinajstić information content (AvgIpc) is 3.55. The summed E-state index contributed by atoms with van der Waals surface area (Å²) in [4.78, 5) is 25.2. The summed E-state index contributed by atoms with van der Waals surface area (Å²) in [5, 5.41) is 20.2. The number of esters is 1. The van der Waals surface area contributed by atoms with Gasteiger partial charge >= 0.3 is 5.97 Å². The van der Waals surface area contributed by atoms with E-state index >= 15 is 0 Å². The molecule has 33 heavy (non-hydrogen) atoms. The molecule has 0 amide bonds. The number of allylic oxidation sites excluding steroid dienone is 1. The van der Waals surface area contributed by atoms with E-state index in [-0.39, 0.29) is 28.6 Å². The first kappa shape index (κ1) is 21.7. The number of para-hydroxylation sites is 1. The number of nitro benzene ring substituents is 1. The number of aromatic nitrogens is 2. The number of hydrogen-bond acceptors (Lipinski definition) is 6. The van der Waals surface area contributed by atoms with Crippen molar-refractivity contribution >= 4 is 17.5 Å². The highest BCUT2D eigenvalue weighted by Gasteiger charge is 2.42. The van der Waals surface area contributed by atoms with Gasteiger partial charge in [-0.3, -0.25) is 14.8 Å². The monoisotopic (exact) mass is 450 g/mol. The quantitative estimate of drug-likeness (QED) is 0.377. The number of carbonyl (C=O) groups excluding carboxylic acids is 1. The van der Waals surface area contributed by atoms with Crippen LogP contribution in [0.15, 0.2) is 35.5 Å². The van der Waals surface area contributed by atoms with Crippen LogP contribution in [0.25, 0.3) is 0 Å². The molecule has 1 unspecified atom stereocenters. The first-order valence-electron chi connectivity index (χ1n) is 11.9. The third kappa shape index (κ3) is 3.81. The molecule has 1 aromatic carbocycles. The van der Waals surface area contributed by atoms with E-state index < -0.39 is 5.92 Å². The Hall–Kier alpha value is -3.16. The van der Waals surface area contributed by atoms with Crippen LogP contribution >= 0.6 is 0 Å². The van der Waals surface area contributed by atoms with Gasteiger partial charge in [0.25, 0.3) is 5.69 Å². The molecule has 8 heteroatoms. The number of hydrogen-bond donors (Lipinski definition) is 1. The minimum Gasteiger partial charge on any atom is -0.459 e. The Bertz CT molecular complexity index is 1120. The van der Waals surface area contributed by atoms with E-state index in [1.54, 1.807) is 18.2 Å². The van der Waals surface area contributed by atoms with Gasteiger partial charge in [0, 0.05) is 35.9 Å². The number of anilines is 1. The molecule has 0 spiro atoms. The van der Waals surface area contributed by atoms with Crippen LogP contribution in [-0.4, -0.2) is 26.8 Å². The predicted molar refractivity (Wildman–Crippen MR) is 124 cm³/mol. The van der Waals surface area contributed by atoms with E-state index in [2.05, 4.69) is 5.32 Å². The normalized spacial score (nSPS) is 21.2. The topological polar surface area (TPSA) is 99.3 Å². The number of benzene rings is 1. The minimum absolute atomic E-state index is 0.00976. The summed E-state index contributed by atoms with van der Waals surface area (Å²) < 4.78 is 7.74. The lowest BCUT2D eigenvalue weighted by atomic mass is 9.79. The lowest BCUT2D eigenvalue weighted by molar-refractivity contribution is -0.385. The van der Waals surface area contributed by atoms with Crippen molar-refractivity contribution in [3.63, 3.8) is 0 Å². The highest BCUT2D eigenvalue weighted by atomic mass is 16.6. The second-order valence-electron chi connectivity index (χ2n) is 9.48. The van der Waals surface area contributed by atoms with Crippen molar-refractivity contribution in [2.24, 2.45) is 7.05 Å². The van der Waals surface area contributed by atoms with E-state index in [1.165, 1.54) is 6.07 Å². The number of nitro groups is 1. The maximum atomic E-state index is 13.6. The largest absolute Gasteiger partial charge is 0.459 e. The van der Waals surface area contributed by atoms with Gasteiger partial charge in [0.05, 0.1) is 22.1 Å². The molecule has 2 fully saturated rings. The van der Waals surface area contributed by atoms with Crippen molar-refractivity contribution in [1.82, 2.24) is 9.78 Å². The third-order valence-electron chi connectivity index (χ3n) is 7.38. The number of nitrogens with one attached hydrogen (secondary N) is 1. The van der Waals surface area contributed by atoms with Gasteiger partial charge in [-0.25, -0.2) is 4.79 Å². The Morgan fingerprint density at radius 2 is 1.82 bits per heavy atom. The summed E-state index contributed by atoms with van der Waals surface area (Å²) >= 11 is 0. The van der Waals surface area contributed by atoms with Crippen LogP contribution in [0.3, 0.4) is 0 Å². The number of ether oxygens (including phenoxy) is 1. The van der Waals surface area contributed by atoms with Gasteiger partial charge in [-0.15, -0.1) is 0 Å². The average molecular weight is 451 g/mol. The van der Waals surface area contributed by atoms with Crippen molar-refractivity contribution in [3.8, 4) is 0 Å².